The number of likely N-dealkylation sites (tertiary alicyclic amines) is 2. The smallest absolute Gasteiger partial charge is 0.257 e. The lowest BCUT2D eigenvalue weighted by molar-refractivity contribution is -0.151. The summed E-state index contributed by atoms with van der Waals surface area (Å²) in [5.74, 6) is 1.22. The van der Waals surface area contributed by atoms with Crippen molar-refractivity contribution in [1.29, 1.82) is 0 Å². The average molecular weight is 546 g/mol. The highest BCUT2D eigenvalue weighted by Crippen LogP contribution is 2.54. The number of hydrogen-bond acceptors (Lipinski definition) is 4. The SMILES string of the molecule is CC1CCC(CNC(=O)[C@@H]2CN(C(=O)c3cnn(Cc4ccccc4)c3)CC23CN(C(=O)[C@H]2CC2(C)C)C3)CC1. The monoisotopic (exact) mass is 545 g/mol. The Hall–Kier alpha value is -3.16. The van der Waals surface area contributed by atoms with Crippen molar-refractivity contribution < 1.29 is 14.4 Å². The van der Waals surface area contributed by atoms with E-state index in [9.17, 15) is 14.4 Å². The molecule has 3 amide bonds. The maximum absolute atomic E-state index is 13.6. The maximum atomic E-state index is 13.6. The lowest BCUT2D eigenvalue weighted by Gasteiger charge is -2.50. The molecule has 4 fully saturated rings. The number of carbonyl (C=O) groups is 3. The molecular formula is C32H43N5O3. The van der Waals surface area contributed by atoms with E-state index in [0.29, 0.717) is 50.7 Å². The van der Waals surface area contributed by atoms with E-state index < -0.39 is 0 Å². The van der Waals surface area contributed by atoms with Gasteiger partial charge in [0, 0.05) is 50.3 Å². The molecule has 8 heteroatoms. The van der Waals surface area contributed by atoms with E-state index in [2.05, 4.69) is 31.2 Å². The first-order valence-corrected chi connectivity index (χ1v) is 15.1. The number of rotatable bonds is 7. The van der Waals surface area contributed by atoms with Crippen molar-refractivity contribution >= 4 is 17.7 Å². The van der Waals surface area contributed by atoms with Crippen molar-refractivity contribution in [3.8, 4) is 0 Å². The van der Waals surface area contributed by atoms with Crippen molar-refractivity contribution in [3.05, 3.63) is 53.9 Å². The lowest BCUT2D eigenvalue weighted by Crippen LogP contribution is -2.64. The average Bonchev–Trinajstić information content (AvgIpc) is 3.25. The standard InChI is InChI=1S/C32H43N5O3/c1-22-9-11-23(12-10-22)14-33-28(38)27-18-35(19-32(27)20-36(21-32)30(40)26-13-31(26,2)3)29(39)25-15-34-37(17-25)16-24-7-5-4-6-8-24/h4-8,15,17,22-23,26-27H,9-14,16,18-21H2,1-3H3,(H,33,38)/t22?,23?,26-,27+/m1/s1. The minimum absolute atomic E-state index is 0.0348. The fraction of sp³-hybridized carbons (Fsp3) is 0.625. The summed E-state index contributed by atoms with van der Waals surface area (Å²) in [6.45, 7) is 9.86. The van der Waals surface area contributed by atoms with Crippen LogP contribution < -0.4 is 5.32 Å². The molecular weight excluding hydrogens is 502 g/mol. The molecule has 6 rings (SSSR count). The van der Waals surface area contributed by atoms with Crippen LogP contribution in [0.1, 0.15) is 68.8 Å². The first-order chi connectivity index (χ1) is 19.1. The molecule has 1 spiro atoms. The van der Waals surface area contributed by atoms with Crippen LogP contribution in [0, 0.1) is 34.5 Å². The van der Waals surface area contributed by atoms with Gasteiger partial charge in [0.25, 0.3) is 5.91 Å². The number of aromatic nitrogens is 2. The molecule has 1 N–H and O–H groups in total. The minimum atomic E-state index is -0.379. The molecule has 40 heavy (non-hydrogen) atoms. The van der Waals surface area contributed by atoms with Crippen LogP contribution in [0.15, 0.2) is 42.7 Å². The summed E-state index contributed by atoms with van der Waals surface area (Å²) in [7, 11) is 0. The van der Waals surface area contributed by atoms with E-state index in [0.717, 1.165) is 30.7 Å². The number of hydrogen-bond donors (Lipinski definition) is 1. The third kappa shape index (κ3) is 5.29. The van der Waals surface area contributed by atoms with Crippen LogP contribution in [0.2, 0.25) is 0 Å². The second-order valence-electron chi connectivity index (χ2n) is 13.8. The molecule has 0 bridgehead atoms. The van der Waals surface area contributed by atoms with E-state index >= 15 is 0 Å². The Morgan fingerprint density at radius 1 is 0.975 bits per heavy atom. The summed E-state index contributed by atoms with van der Waals surface area (Å²) in [6, 6.07) is 10.0. The fourth-order valence-corrected chi connectivity index (χ4v) is 7.20. The van der Waals surface area contributed by atoms with Crippen LogP contribution >= 0.6 is 0 Å². The number of amides is 3. The fourth-order valence-electron chi connectivity index (χ4n) is 7.20. The van der Waals surface area contributed by atoms with Gasteiger partial charge in [-0.15, -0.1) is 0 Å². The van der Waals surface area contributed by atoms with Gasteiger partial charge in [-0.1, -0.05) is 63.9 Å². The topological polar surface area (TPSA) is 87.5 Å². The van der Waals surface area contributed by atoms with E-state index in [-0.39, 0.29) is 40.4 Å². The van der Waals surface area contributed by atoms with Gasteiger partial charge in [-0.25, -0.2) is 0 Å². The Labute approximate surface area is 237 Å². The van der Waals surface area contributed by atoms with Crippen LogP contribution in [-0.2, 0) is 16.1 Å². The quantitative estimate of drug-likeness (QED) is 0.573. The summed E-state index contributed by atoms with van der Waals surface area (Å²) in [4.78, 5) is 44.1. The normalized spacial score (nSPS) is 28.3. The molecule has 2 aromatic rings. The van der Waals surface area contributed by atoms with Crippen LogP contribution in [0.5, 0.6) is 0 Å². The number of nitrogens with one attached hydrogen (secondary N) is 1. The van der Waals surface area contributed by atoms with Gasteiger partial charge >= 0.3 is 0 Å². The zero-order valence-electron chi connectivity index (χ0n) is 24.1. The van der Waals surface area contributed by atoms with Crippen molar-refractivity contribution in [2.45, 2.75) is 59.4 Å². The molecule has 2 saturated heterocycles. The molecule has 2 atom stereocenters. The Bertz CT molecular complexity index is 1260. The summed E-state index contributed by atoms with van der Waals surface area (Å²) >= 11 is 0. The summed E-state index contributed by atoms with van der Waals surface area (Å²) in [6.07, 6.45) is 9.12. The summed E-state index contributed by atoms with van der Waals surface area (Å²) < 4.78 is 1.78. The number of benzene rings is 1. The Balaban J connectivity index is 1.13. The first-order valence-electron chi connectivity index (χ1n) is 15.1. The molecule has 3 heterocycles. The van der Waals surface area contributed by atoms with Crippen molar-refractivity contribution in [3.63, 3.8) is 0 Å². The van der Waals surface area contributed by atoms with Gasteiger partial charge in [0.1, 0.15) is 0 Å². The van der Waals surface area contributed by atoms with Crippen LogP contribution in [0.3, 0.4) is 0 Å². The third-order valence-electron chi connectivity index (χ3n) is 10.2. The van der Waals surface area contributed by atoms with Gasteiger partial charge in [-0.3, -0.25) is 19.1 Å². The molecule has 1 aromatic carbocycles. The van der Waals surface area contributed by atoms with E-state index in [4.69, 9.17) is 0 Å². The highest BCUT2D eigenvalue weighted by Gasteiger charge is 2.61. The lowest BCUT2D eigenvalue weighted by atomic mass is 9.70. The number of nitrogens with zero attached hydrogens (tertiary/aromatic N) is 4. The van der Waals surface area contributed by atoms with Gasteiger partial charge in [0.05, 0.1) is 24.2 Å². The van der Waals surface area contributed by atoms with Crippen molar-refractivity contribution in [1.82, 2.24) is 24.9 Å². The van der Waals surface area contributed by atoms with Gasteiger partial charge in [-0.05, 0) is 42.1 Å². The van der Waals surface area contributed by atoms with Crippen LogP contribution in [-0.4, -0.2) is 70.0 Å². The summed E-state index contributed by atoms with van der Waals surface area (Å²) in [5, 5.41) is 7.69. The van der Waals surface area contributed by atoms with Crippen molar-refractivity contribution in [2.24, 2.45) is 34.5 Å². The minimum Gasteiger partial charge on any atom is -0.356 e. The van der Waals surface area contributed by atoms with Crippen LogP contribution in [0.4, 0.5) is 0 Å². The maximum Gasteiger partial charge on any atom is 0.257 e. The molecule has 8 nitrogen and oxygen atoms in total. The Kier molecular flexibility index (Phi) is 6.99. The van der Waals surface area contributed by atoms with E-state index in [1.54, 1.807) is 17.1 Å². The number of carbonyl (C=O) groups excluding carboxylic acids is 3. The van der Waals surface area contributed by atoms with Gasteiger partial charge in [0.2, 0.25) is 11.8 Å². The molecule has 1 aromatic heterocycles. The molecule has 2 saturated carbocycles. The first kappa shape index (κ1) is 27.0. The predicted octanol–water partition coefficient (Wildman–Crippen LogP) is 3.82. The second kappa shape index (κ2) is 10.3. The predicted molar refractivity (Wildman–Crippen MR) is 152 cm³/mol. The molecule has 0 unspecified atom stereocenters. The molecule has 2 aliphatic heterocycles. The van der Waals surface area contributed by atoms with Crippen molar-refractivity contribution in [2.75, 3.05) is 32.7 Å². The molecule has 4 aliphatic rings. The van der Waals surface area contributed by atoms with Gasteiger partial charge in [-0.2, -0.15) is 5.10 Å². The molecule has 0 radical (unpaired) electrons. The van der Waals surface area contributed by atoms with E-state index in [1.165, 1.54) is 12.8 Å². The highest BCUT2D eigenvalue weighted by molar-refractivity contribution is 5.95. The zero-order valence-corrected chi connectivity index (χ0v) is 24.1. The van der Waals surface area contributed by atoms with Gasteiger partial charge < -0.3 is 15.1 Å². The summed E-state index contributed by atoms with van der Waals surface area (Å²) in [5.41, 5.74) is 1.35. The Morgan fingerprint density at radius 3 is 2.33 bits per heavy atom. The van der Waals surface area contributed by atoms with Crippen LogP contribution in [0.25, 0.3) is 0 Å². The molecule has 2 aliphatic carbocycles. The highest BCUT2D eigenvalue weighted by atomic mass is 16.2. The third-order valence-corrected chi connectivity index (χ3v) is 10.2. The van der Waals surface area contributed by atoms with Gasteiger partial charge in [0.15, 0.2) is 0 Å². The van der Waals surface area contributed by atoms with E-state index in [1.807, 2.05) is 40.1 Å². The zero-order chi connectivity index (χ0) is 28.1. The molecule has 214 valence electrons. The second-order valence-corrected chi connectivity index (χ2v) is 13.8. The Morgan fingerprint density at radius 2 is 1.65 bits per heavy atom. The largest absolute Gasteiger partial charge is 0.356 e.